The molecule has 0 unspecified atom stereocenters. The van der Waals surface area contributed by atoms with E-state index >= 15 is 0 Å². The van der Waals surface area contributed by atoms with E-state index in [2.05, 4.69) is 46.8 Å². The van der Waals surface area contributed by atoms with Crippen LogP contribution in [0.5, 0.6) is 5.75 Å². The summed E-state index contributed by atoms with van der Waals surface area (Å²) in [4.78, 5) is 12.5. The third-order valence-electron chi connectivity index (χ3n) is 9.61. The molecule has 36 heavy (non-hydrogen) atoms. The summed E-state index contributed by atoms with van der Waals surface area (Å²) in [5.74, 6) is 2.99. The summed E-state index contributed by atoms with van der Waals surface area (Å²) in [7, 11) is 0. The summed E-state index contributed by atoms with van der Waals surface area (Å²) >= 11 is 1.53. The molecule has 3 aliphatic carbocycles. The Balaban J connectivity index is 1.35. The maximum absolute atomic E-state index is 12.5. The Hall–Kier alpha value is -1.08. The van der Waals surface area contributed by atoms with Gasteiger partial charge in [-0.3, -0.25) is 4.79 Å². The quantitative estimate of drug-likeness (QED) is 0.230. The van der Waals surface area contributed by atoms with Crippen molar-refractivity contribution in [2.45, 2.75) is 78.6 Å². The van der Waals surface area contributed by atoms with Crippen LogP contribution in [0.15, 0.2) is 12.1 Å². The van der Waals surface area contributed by atoms with E-state index in [0.29, 0.717) is 54.7 Å². The zero-order chi connectivity index (χ0) is 26.0. The van der Waals surface area contributed by atoms with Gasteiger partial charge in [-0.2, -0.15) is 0 Å². The molecule has 0 aromatic heterocycles. The van der Waals surface area contributed by atoms with E-state index in [1.807, 2.05) is 0 Å². The maximum atomic E-state index is 12.5. The minimum absolute atomic E-state index is 0.0276. The lowest BCUT2D eigenvalue weighted by molar-refractivity contribution is -0.131. The second-order valence-corrected chi connectivity index (χ2v) is 13.5. The van der Waals surface area contributed by atoms with Gasteiger partial charge in [0, 0.05) is 5.75 Å². The highest BCUT2D eigenvalue weighted by atomic mass is 32.2. The molecule has 0 heterocycles. The molecule has 1 aromatic carbocycles. The normalized spacial score (nSPS) is 30.4. The SMILES string of the molecule is Cc1cc(OC(=O)CSCCOCCOCCO)cc2c1[C@]1(C)CC[C@H]3C(C)(C)CCC[C@]3(C)[C@@H]1C2. The van der Waals surface area contributed by atoms with Gasteiger partial charge in [0.2, 0.25) is 0 Å². The van der Waals surface area contributed by atoms with Crippen LogP contribution < -0.4 is 4.74 Å². The monoisotopic (exact) mass is 518 g/mol. The molecule has 0 spiro atoms. The lowest BCUT2D eigenvalue weighted by Crippen LogP contribution is -2.55. The van der Waals surface area contributed by atoms with Crippen molar-refractivity contribution in [3.05, 3.63) is 28.8 Å². The number of esters is 1. The first kappa shape index (κ1) is 27.9. The number of aliphatic hydroxyl groups excluding tert-OH is 1. The van der Waals surface area contributed by atoms with Gasteiger partial charge in [0.25, 0.3) is 0 Å². The molecule has 4 rings (SSSR count). The first-order valence-corrected chi connectivity index (χ1v) is 15.0. The molecule has 2 saturated carbocycles. The molecule has 1 N–H and O–H groups in total. The van der Waals surface area contributed by atoms with Crippen molar-refractivity contribution in [3.8, 4) is 5.75 Å². The van der Waals surface area contributed by atoms with E-state index in [9.17, 15) is 4.79 Å². The molecule has 1 aromatic rings. The molecule has 2 fully saturated rings. The second kappa shape index (κ2) is 11.3. The van der Waals surface area contributed by atoms with Gasteiger partial charge in [-0.05, 0) is 95.9 Å². The number of hydrogen-bond donors (Lipinski definition) is 1. The Morgan fingerprint density at radius 2 is 1.78 bits per heavy atom. The van der Waals surface area contributed by atoms with Gasteiger partial charge in [-0.15, -0.1) is 11.8 Å². The van der Waals surface area contributed by atoms with Gasteiger partial charge < -0.3 is 19.3 Å². The van der Waals surface area contributed by atoms with Crippen molar-refractivity contribution in [2.75, 3.05) is 44.5 Å². The van der Waals surface area contributed by atoms with Crippen molar-refractivity contribution in [1.82, 2.24) is 0 Å². The van der Waals surface area contributed by atoms with Crippen LogP contribution in [0.3, 0.4) is 0 Å². The average Bonchev–Trinajstić information content (AvgIpc) is 3.11. The predicted octanol–water partition coefficient (Wildman–Crippen LogP) is 5.72. The first-order valence-electron chi connectivity index (χ1n) is 13.8. The molecular weight excluding hydrogens is 472 g/mol. The molecule has 0 bridgehead atoms. The Morgan fingerprint density at radius 1 is 1.03 bits per heavy atom. The van der Waals surface area contributed by atoms with Crippen LogP contribution in [0.1, 0.15) is 76.5 Å². The smallest absolute Gasteiger partial charge is 0.321 e. The lowest BCUT2D eigenvalue weighted by Gasteiger charge is -2.61. The highest BCUT2D eigenvalue weighted by molar-refractivity contribution is 7.99. The molecule has 4 atom stereocenters. The van der Waals surface area contributed by atoms with Gasteiger partial charge in [-0.1, -0.05) is 34.1 Å². The van der Waals surface area contributed by atoms with Gasteiger partial charge >= 0.3 is 5.97 Å². The van der Waals surface area contributed by atoms with Crippen molar-refractivity contribution >= 4 is 17.7 Å². The number of hydrogen-bond acceptors (Lipinski definition) is 6. The fourth-order valence-corrected chi connectivity index (χ4v) is 8.92. The van der Waals surface area contributed by atoms with Gasteiger partial charge in [-0.25, -0.2) is 0 Å². The van der Waals surface area contributed by atoms with Crippen LogP contribution in [0.2, 0.25) is 0 Å². The summed E-state index contributed by atoms with van der Waals surface area (Å²) in [6, 6.07) is 4.25. The van der Waals surface area contributed by atoms with Gasteiger partial charge in [0.15, 0.2) is 0 Å². The van der Waals surface area contributed by atoms with E-state index in [4.69, 9.17) is 19.3 Å². The predicted molar refractivity (Wildman–Crippen MR) is 146 cm³/mol. The molecule has 0 radical (unpaired) electrons. The third-order valence-corrected chi connectivity index (χ3v) is 10.5. The van der Waals surface area contributed by atoms with Crippen LogP contribution in [0.25, 0.3) is 0 Å². The molecule has 0 saturated heterocycles. The van der Waals surface area contributed by atoms with E-state index in [1.165, 1.54) is 60.6 Å². The summed E-state index contributed by atoms with van der Waals surface area (Å²) < 4.78 is 16.4. The molecule has 0 amide bonds. The number of aryl methyl sites for hydroxylation is 1. The number of ether oxygens (including phenoxy) is 3. The molecular formula is C30H46O5S. The Morgan fingerprint density at radius 3 is 2.53 bits per heavy atom. The zero-order valence-electron chi connectivity index (χ0n) is 23.0. The molecule has 202 valence electrons. The number of benzene rings is 1. The lowest BCUT2D eigenvalue weighted by atomic mass is 9.43. The Labute approximate surface area is 222 Å². The average molecular weight is 519 g/mol. The number of thioether (sulfide) groups is 1. The molecule has 3 aliphatic rings. The molecule has 5 nitrogen and oxygen atoms in total. The zero-order valence-corrected chi connectivity index (χ0v) is 23.8. The number of aliphatic hydroxyl groups is 1. The topological polar surface area (TPSA) is 65.0 Å². The third kappa shape index (κ3) is 5.52. The van der Waals surface area contributed by atoms with Crippen LogP contribution in [-0.2, 0) is 26.1 Å². The Bertz CT molecular complexity index is 930. The molecule has 0 aliphatic heterocycles. The first-order chi connectivity index (χ1) is 17.1. The Kier molecular flexibility index (Phi) is 8.81. The van der Waals surface area contributed by atoms with Crippen LogP contribution in [0, 0.1) is 29.6 Å². The van der Waals surface area contributed by atoms with Crippen molar-refractivity contribution < 1.29 is 24.1 Å². The number of fused-ring (bicyclic) bond motifs is 5. The fraction of sp³-hybridized carbons (Fsp3) is 0.767. The van der Waals surface area contributed by atoms with E-state index in [0.717, 1.165) is 18.1 Å². The summed E-state index contributed by atoms with van der Waals surface area (Å²) in [6.45, 7) is 14.2. The highest BCUT2D eigenvalue weighted by Crippen LogP contribution is 2.67. The van der Waals surface area contributed by atoms with Crippen LogP contribution in [0.4, 0.5) is 0 Å². The van der Waals surface area contributed by atoms with Gasteiger partial charge in [0.05, 0.1) is 38.8 Å². The maximum Gasteiger partial charge on any atom is 0.321 e. The minimum Gasteiger partial charge on any atom is -0.426 e. The highest BCUT2D eigenvalue weighted by Gasteiger charge is 2.61. The van der Waals surface area contributed by atoms with E-state index in [-0.39, 0.29) is 18.0 Å². The van der Waals surface area contributed by atoms with Crippen LogP contribution >= 0.6 is 11.8 Å². The number of carbonyl (C=O) groups is 1. The summed E-state index contributed by atoms with van der Waals surface area (Å²) in [5, 5.41) is 8.67. The standard InChI is InChI=1S/C30H46O5S/c1-21-17-23(35-26(32)20-36-16-15-34-14-13-33-12-11-31)18-22-19-25-29(4)9-6-8-28(2,3)24(29)7-10-30(25,5)27(21)22/h17-18,24-25,31H,6-16,19-20H2,1-5H3/t24-,25-,29-,30+/m0/s1. The number of carbonyl (C=O) groups excluding carboxylic acids is 1. The summed E-state index contributed by atoms with van der Waals surface area (Å²) in [5.41, 5.74) is 5.24. The van der Waals surface area contributed by atoms with Crippen LogP contribution in [-0.4, -0.2) is 55.6 Å². The molecule has 6 heteroatoms. The second-order valence-electron chi connectivity index (χ2n) is 12.4. The number of rotatable bonds is 11. The largest absolute Gasteiger partial charge is 0.426 e. The van der Waals surface area contributed by atoms with Crippen molar-refractivity contribution in [3.63, 3.8) is 0 Å². The van der Waals surface area contributed by atoms with E-state index < -0.39 is 0 Å². The fourth-order valence-electron chi connectivity index (χ4n) is 8.31. The van der Waals surface area contributed by atoms with E-state index in [1.54, 1.807) is 0 Å². The van der Waals surface area contributed by atoms with Crippen molar-refractivity contribution in [2.24, 2.45) is 22.7 Å². The summed E-state index contributed by atoms with van der Waals surface area (Å²) in [6.07, 6.45) is 7.72. The minimum atomic E-state index is -0.201. The van der Waals surface area contributed by atoms with Crippen molar-refractivity contribution in [1.29, 1.82) is 0 Å². The van der Waals surface area contributed by atoms with Gasteiger partial charge in [0.1, 0.15) is 5.75 Å².